The van der Waals surface area contributed by atoms with E-state index in [9.17, 15) is 9.18 Å². The van der Waals surface area contributed by atoms with Gasteiger partial charge in [0.1, 0.15) is 17.6 Å². The molecule has 0 saturated heterocycles. The Morgan fingerprint density at radius 3 is 2.39 bits per heavy atom. The number of rotatable bonds is 10. The molecule has 0 unspecified atom stereocenters. The van der Waals surface area contributed by atoms with Crippen LogP contribution >= 0.6 is 11.8 Å². The van der Waals surface area contributed by atoms with Crippen molar-refractivity contribution in [3.8, 4) is 5.75 Å². The third-order valence-corrected chi connectivity index (χ3v) is 5.91. The fourth-order valence-corrected chi connectivity index (χ4v) is 4.06. The molecule has 2 N–H and O–H groups in total. The van der Waals surface area contributed by atoms with Gasteiger partial charge in [-0.05, 0) is 59.8 Å². The van der Waals surface area contributed by atoms with E-state index in [1.54, 1.807) is 19.2 Å². The van der Waals surface area contributed by atoms with Gasteiger partial charge in [-0.15, -0.1) is 0 Å². The van der Waals surface area contributed by atoms with Crippen LogP contribution in [0.1, 0.15) is 5.56 Å². The van der Waals surface area contributed by atoms with Gasteiger partial charge in [0.2, 0.25) is 11.9 Å². The van der Waals surface area contributed by atoms with Crippen molar-refractivity contribution in [2.75, 3.05) is 24.9 Å². The predicted molar refractivity (Wildman–Crippen MR) is 136 cm³/mol. The van der Waals surface area contributed by atoms with Gasteiger partial charge >= 0.3 is 5.97 Å². The van der Waals surface area contributed by atoms with E-state index in [4.69, 9.17) is 9.47 Å². The van der Waals surface area contributed by atoms with Crippen molar-refractivity contribution in [3.05, 3.63) is 90.2 Å². The number of hydrogen-bond donors (Lipinski definition) is 2. The van der Waals surface area contributed by atoms with Crippen molar-refractivity contribution in [3.63, 3.8) is 0 Å². The zero-order valence-electron chi connectivity index (χ0n) is 19.6. The van der Waals surface area contributed by atoms with Crippen LogP contribution in [0, 0.1) is 5.82 Å². The number of aromatic nitrogens is 3. The monoisotopic (exact) mass is 505 g/mol. The number of carbonyl (C=O) groups is 1. The number of carbonyl (C=O) groups excluding carboxylic acids is 1. The summed E-state index contributed by atoms with van der Waals surface area (Å²) in [5.74, 6) is 0.244. The molecule has 1 aromatic heterocycles. The number of methoxy groups -OCH3 is 2. The van der Waals surface area contributed by atoms with Crippen LogP contribution in [0.4, 0.5) is 22.0 Å². The number of ether oxygens (including phenoxy) is 2. The van der Waals surface area contributed by atoms with E-state index in [0.29, 0.717) is 17.3 Å². The van der Waals surface area contributed by atoms with E-state index < -0.39 is 17.8 Å². The van der Waals surface area contributed by atoms with Crippen LogP contribution in [0.25, 0.3) is 0 Å². The predicted octanol–water partition coefficient (Wildman–Crippen LogP) is 5.11. The molecule has 4 rings (SSSR count). The maximum absolute atomic E-state index is 13.7. The van der Waals surface area contributed by atoms with Gasteiger partial charge in [0.15, 0.2) is 5.16 Å². The fraction of sp³-hybridized carbons (Fsp3) is 0.154. The zero-order chi connectivity index (χ0) is 25.3. The summed E-state index contributed by atoms with van der Waals surface area (Å²) in [5, 5.41) is 6.45. The van der Waals surface area contributed by atoms with Crippen molar-refractivity contribution in [1.82, 2.24) is 15.0 Å². The number of esters is 1. The van der Waals surface area contributed by atoms with E-state index in [1.165, 1.54) is 31.0 Å². The van der Waals surface area contributed by atoms with Gasteiger partial charge in [-0.1, -0.05) is 36.4 Å². The minimum Gasteiger partial charge on any atom is -0.497 e. The molecule has 1 heterocycles. The van der Waals surface area contributed by atoms with Gasteiger partial charge < -0.3 is 20.1 Å². The second kappa shape index (κ2) is 12.0. The van der Waals surface area contributed by atoms with Crippen LogP contribution in [-0.4, -0.2) is 41.2 Å². The highest BCUT2D eigenvalue weighted by Gasteiger charge is 2.22. The Hall–Kier alpha value is -4.18. The smallest absolute Gasteiger partial charge is 0.328 e. The second-order valence-corrected chi connectivity index (χ2v) is 8.63. The first-order valence-corrected chi connectivity index (χ1v) is 11.8. The van der Waals surface area contributed by atoms with Crippen molar-refractivity contribution >= 4 is 35.3 Å². The molecule has 0 aliphatic rings. The maximum Gasteiger partial charge on any atom is 0.328 e. The second-order valence-electron chi connectivity index (χ2n) is 7.59. The lowest BCUT2D eigenvalue weighted by molar-refractivity contribution is -0.141. The van der Waals surface area contributed by atoms with Crippen molar-refractivity contribution in [2.24, 2.45) is 0 Å². The molecule has 3 aromatic carbocycles. The first-order chi connectivity index (χ1) is 17.5. The van der Waals surface area contributed by atoms with Gasteiger partial charge in [-0.3, -0.25) is 0 Å². The van der Waals surface area contributed by atoms with Crippen molar-refractivity contribution in [2.45, 2.75) is 22.5 Å². The zero-order valence-corrected chi connectivity index (χ0v) is 20.5. The molecule has 184 valence electrons. The molecule has 0 fully saturated rings. The third-order valence-electron chi connectivity index (χ3n) is 5.04. The molecule has 1 atom stereocenters. The lowest BCUT2D eigenvalue weighted by atomic mass is 10.1. The van der Waals surface area contributed by atoms with Gasteiger partial charge in [-0.2, -0.15) is 15.0 Å². The number of anilines is 3. The molecule has 10 heteroatoms. The van der Waals surface area contributed by atoms with Crippen molar-refractivity contribution in [1.29, 1.82) is 0 Å². The Kier molecular flexibility index (Phi) is 8.30. The molecule has 4 aromatic rings. The molecule has 0 aliphatic heterocycles. The molecule has 0 amide bonds. The number of benzene rings is 3. The summed E-state index contributed by atoms with van der Waals surface area (Å²) in [6.45, 7) is 0. The Morgan fingerprint density at radius 1 is 0.944 bits per heavy atom. The average Bonchev–Trinajstić information content (AvgIpc) is 2.89. The van der Waals surface area contributed by atoms with Crippen LogP contribution in [0.2, 0.25) is 0 Å². The highest BCUT2D eigenvalue weighted by Crippen LogP contribution is 2.28. The minimum atomic E-state index is -0.736. The Bertz CT molecular complexity index is 1310. The maximum atomic E-state index is 13.7. The Balaban J connectivity index is 1.64. The number of nitrogens with zero attached hydrogens (tertiary/aromatic N) is 3. The largest absolute Gasteiger partial charge is 0.497 e. The SMILES string of the molecule is COC(=O)[C@H](Cc1ccccc1)Nc1nc(Nc2cccc(F)c2)nc(Sc2ccc(OC)cc2)n1. The topological polar surface area (TPSA) is 98.3 Å². The van der Waals surface area contributed by atoms with Crippen LogP contribution in [0.5, 0.6) is 5.75 Å². The average molecular weight is 506 g/mol. The normalized spacial score (nSPS) is 11.4. The number of halogens is 1. The molecule has 0 radical (unpaired) electrons. The lowest BCUT2D eigenvalue weighted by Crippen LogP contribution is -2.33. The summed E-state index contributed by atoms with van der Waals surface area (Å²) in [6.07, 6.45) is 0.368. The van der Waals surface area contributed by atoms with Crippen LogP contribution in [0.3, 0.4) is 0 Å². The van der Waals surface area contributed by atoms with Gasteiger partial charge in [-0.25, -0.2) is 9.18 Å². The van der Waals surface area contributed by atoms with Crippen LogP contribution in [-0.2, 0) is 16.0 Å². The molecule has 0 spiro atoms. The van der Waals surface area contributed by atoms with Crippen LogP contribution < -0.4 is 15.4 Å². The standard InChI is InChI=1S/C26H24FN5O3S/c1-34-20-11-13-21(14-12-20)36-26-31-24(28-19-10-6-9-18(27)16-19)30-25(32-26)29-22(23(33)35-2)15-17-7-4-3-5-8-17/h3-14,16,22H,15H2,1-2H3,(H2,28,29,30,31,32)/t22-/m0/s1. The van der Waals surface area contributed by atoms with E-state index in [1.807, 2.05) is 54.6 Å². The first kappa shape index (κ1) is 24.9. The fourth-order valence-electron chi connectivity index (χ4n) is 3.31. The summed E-state index contributed by atoms with van der Waals surface area (Å²) >= 11 is 1.31. The van der Waals surface area contributed by atoms with Gasteiger partial charge in [0.05, 0.1) is 14.2 Å². The quantitative estimate of drug-likeness (QED) is 0.285. The highest BCUT2D eigenvalue weighted by molar-refractivity contribution is 7.99. The summed E-state index contributed by atoms with van der Waals surface area (Å²) in [4.78, 5) is 26.8. The summed E-state index contributed by atoms with van der Waals surface area (Å²) in [5.41, 5.74) is 1.42. The van der Waals surface area contributed by atoms with Crippen LogP contribution in [0.15, 0.2) is 88.9 Å². The molecule has 36 heavy (non-hydrogen) atoms. The Morgan fingerprint density at radius 2 is 1.69 bits per heavy atom. The summed E-state index contributed by atoms with van der Waals surface area (Å²) in [6, 6.07) is 22.2. The molecular formula is C26H24FN5O3S. The van der Waals surface area contributed by atoms with E-state index in [2.05, 4.69) is 25.6 Å². The summed E-state index contributed by atoms with van der Waals surface area (Å²) in [7, 11) is 2.93. The van der Waals surface area contributed by atoms with E-state index in [-0.39, 0.29) is 11.9 Å². The lowest BCUT2D eigenvalue weighted by Gasteiger charge is -2.17. The third kappa shape index (κ3) is 6.92. The highest BCUT2D eigenvalue weighted by atomic mass is 32.2. The number of nitrogens with one attached hydrogen (secondary N) is 2. The molecule has 0 bridgehead atoms. The Labute approximate surface area is 212 Å². The molecular weight excluding hydrogens is 481 g/mol. The van der Waals surface area contributed by atoms with Gasteiger partial charge in [0.25, 0.3) is 0 Å². The van der Waals surface area contributed by atoms with Crippen molar-refractivity contribution < 1.29 is 18.7 Å². The molecule has 0 aliphatic carbocycles. The minimum absolute atomic E-state index is 0.172. The van der Waals surface area contributed by atoms with E-state index >= 15 is 0 Å². The van der Waals surface area contributed by atoms with Gasteiger partial charge in [0, 0.05) is 17.0 Å². The molecule has 8 nitrogen and oxygen atoms in total. The molecule has 0 saturated carbocycles. The number of hydrogen-bond acceptors (Lipinski definition) is 9. The first-order valence-electron chi connectivity index (χ1n) is 11.0. The van der Waals surface area contributed by atoms with E-state index in [0.717, 1.165) is 16.2 Å². The summed E-state index contributed by atoms with van der Waals surface area (Å²) < 4.78 is 23.9.